The molecule has 0 spiro atoms. The van der Waals surface area contributed by atoms with Crippen LogP contribution >= 0.6 is 0 Å². The molecule has 0 amide bonds. The number of esters is 1. The van der Waals surface area contributed by atoms with Crippen LogP contribution in [-0.4, -0.2) is 24.2 Å². The van der Waals surface area contributed by atoms with Crippen LogP contribution in [0.5, 0.6) is 0 Å². The van der Waals surface area contributed by atoms with Gasteiger partial charge in [0.1, 0.15) is 6.10 Å². The summed E-state index contributed by atoms with van der Waals surface area (Å²) in [5, 5.41) is 3.30. The van der Waals surface area contributed by atoms with Crippen LogP contribution in [0, 0.1) is 5.92 Å². The monoisotopic (exact) mass is 241 g/mol. The summed E-state index contributed by atoms with van der Waals surface area (Å²) >= 11 is 0. The Bertz CT molecular complexity index is 245. The van der Waals surface area contributed by atoms with Gasteiger partial charge in [0.05, 0.1) is 6.42 Å². The van der Waals surface area contributed by atoms with Crippen LogP contribution < -0.4 is 5.32 Å². The molecule has 0 heterocycles. The van der Waals surface area contributed by atoms with Crippen LogP contribution in [0.25, 0.3) is 0 Å². The van der Waals surface area contributed by atoms with Gasteiger partial charge in [-0.1, -0.05) is 13.3 Å². The van der Waals surface area contributed by atoms with Crippen molar-refractivity contribution < 1.29 is 9.53 Å². The van der Waals surface area contributed by atoms with E-state index in [1.54, 1.807) is 0 Å². The van der Waals surface area contributed by atoms with Gasteiger partial charge < -0.3 is 10.1 Å². The molecule has 0 aromatic carbocycles. The van der Waals surface area contributed by atoms with Crippen molar-refractivity contribution >= 4 is 5.97 Å². The quantitative estimate of drug-likeness (QED) is 0.769. The van der Waals surface area contributed by atoms with E-state index in [4.69, 9.17) is 4.74 Å². The zero-order valence-electron chi connectivity index (χ0n) is 11.7. The molecule has 1 fully saturated rings. The molecule has 0 bridgehead atoms. The van der Waals surface area contributed by atoms with Gasteiger partial charge in [0.15, 0.2) is 0 Å². The maximum Gasteiger partial charge on any atom is 0.307 e. The topological polar surface area (TPSA) is 38.3 Å². The van der Waals surface area contributed by atoms with Crippen molar-refractivity contribution in [1.29, 1.82) is 0 Å². The summed E-state index contributed by atoms with van der Waals surface area (Å²) in [5.41, 5.74) is 0.0679. The zero-order chi connectivity index (χ0) is 12.9. The molecule has 0 aromatic heterocycles. The second-order valence-electron chi connectivity index (χ2n) is 6.22. The molecule has 2 atom stereocenters. The largest absolute Gasteiger partial charge is 0.462 e. The van der Waals surface area contributed by atoms with Crippen molar-refractivity contribution in [3.63, 3.8) is 0 Å². The molecule has 0 radical (unpaired) electrons. The fourth-order valence-corrected chi connectivity index (χ4v) is 2.22. The number of hydrogen-bond acceptors (Lipinski definition) is 3. The van der Waals surface area contributed by atoms with E-state index in [9.17, 15) is 4.79 Å². The summed E-state index contributed by atoms with van der Waals surface area (Å²) in [4.78, 5) is 11.7. The summed E-state index contributed by atoms with van der Waals surface area (Å²) in [5.74, 6) is 0.476. The molecule has 1 N–H and O–H groups in total. The van der Waals surface area contributed by atoms with E-state index in [2.05, 4.69) is 33.0 Å². The van der Waals surface area contributed by atoms with E-state index in [0.717, 1.165) is 6.42 Å². The van der Waals surface area contributed by atoms with Gasteiger partial charge >= 0.3 is 5.97 Å². The highest BCUT2D eigenvalue weighted by Gasteiger charge is 2.24. The average Bonchev–Trinajstić information content (AvgIpc) is 2.19. The molecule has 1 aliphatic carbocycles. The highest BCUT2D eigenvalue weighted by molar-refractivity contribution is 5.69. The summed E-state index contributed by atoms with van der Waals surface area (Å²) in [6.07, 6.45) is 5.34. The predicted molar refractivity (Wildman–Crippen MR) is 69.9 cm³/mol. The zero-order valence-corrected chi connectivity index (χ0v) is 11.7. The highest BCUT2D eigenvalue weighted by atomic mass is 16.5. The lowest BCUT2D eigenvalue weighted by Gasteiger charge is -2.28. The minimum Gasteiger partial charge on any atom is -0.462 e. The van der Waals surface area contributed by atoms with Crippen molar-refractivity contribution in [1.82, 2.24) is 5.32 Å². The Kier molecular flexibility index (Phi) is 5.44. The van der Waals surface area contributed by atoms with Gasteiger partial charge in [-0.05, 0) is 46.0 Å². The average molecular weight is 241 g/mol. The van der Waals surface area contributed by atoms with Gasteiger partial charge in [0.25, 0.3) is 0 Å². The highest BCUT2D eigenvalue weighted by Crippen LogP contribution is 2.26. The molecule has 1 aliphatic rings. The minimum atomic E-state index is -0.0551. The first kappa shape index (κ1) is 14.5. The third-order valence-electron chi connectivity index (χ3n) is 3.30. The van der Waals surface area contributed by atoms with Crippen LogP contribution in [0.15, 0.2) is 0 Å². The maximum absolute atomic E-state index is 11.7. The second kappa shape index (κ2) is 6.39. The van der Waals surface area contributed by atoms with Crippen molar-refractivity contribution in [2.75, 3.05) is 6.54 Å². The molecular formula is C14H27NO2. The van der Waals surface area contributed by atoms with Crippen LogP contribution in [-0.2, 0) is 9.53 Å². The molecule has 0 aliphatic heterocycles. The fraction of sp³-hybridized carbons (Fsp3) is 0.929. The van der Waals surface area contributed by atoms with E-state index < -0.39 is 0 Å². The predicted octanol–water partition coefficient (Wildman–Crippen LogP) is 2.89. The molecule has 3 heteroatoms. The Balaban J connectivity index is 2.20. The molecule has 100 valence electrons. The Morgan fingerprint density at radius 3 is 2.53 bits per heavy atom. The first-order chi connectivity index (χ1) is 7.88. The van der Waals surface area contributed by atoms with E-state index >= 15 is 0 Å². The molecule has 0 aromatic rings. The van der Waals surface area contributed by atoms with E-state index in [1.807, 2.05) is 0 Å². The van der Waals surface area contributed by atoms with Gasteiger partial charge in [0, 0.05) is 12.1 Å². The van der Waals surface area contributed by atoms with Crippen molar-refractivity contribution in [2.45, 2.75) is 71.4 Å². The number of nitrogens with one attached hydrogen (secondary N) is 1. The second-order valence-corrected chi connectivity index (χ2v) is 6.22. The number of ether oxygens (including phenoxy) is 1. The van der Waals surface area contributed by atoms with Gasteiger partial charge in [-0.15, -0.1) is 0 Å². The minimum absolute atomic E-state index is 0.0551. The Morgan fingerprint density at radius 2 is 1.94 bits per heavy atom. The number of rotatable bonds is 4. The first-order valence-electron chi connectivity index (χ1n) is 6.83. The fourth-order valence-electron chi connectivity index (χ4n) is 2.22. The molecule has 3 nitrogen and oxygen atoms in total. The molecule has 0 saturated heterocycles. The van der Waals surface area contributed by atoms with Gasteiger partial charge in [-0.25, -0.2) is 0 Å². The molecular weight excluding hydrogens is 214 g/mol. The normalized spacial score (nSPS) is 25.6. The van der Waals surface area contributed by atoms with Crippen molar-refractivity contribution in [3.8, 4) is 0 Å². The van der Waals surface area contributed by atoms with Crippen molar-refractivity contribution in [3.05, 3.63) is 0 Å². The van der Waals surface area contributed by atoms with Crippen LogP contribution in [0.3, 0.4) is 0 Å². The smallest absolute Gasteiger partial charge is 0.307 e. The van der Waals surface area contributed by atoms with Crippen molar-refractivity contribution in [2.24, 2.45) is 5.92 Å². The van der Waals surface area contributed by atoms with Gasteiger partial charge in [0.2, 0.25) is 0 Å². The van der Waals surface area contributed by atoms with E-state index in [-0.39, 0.29) is 17.6 Å². The Morgan fingerprint density at radius 1 is 1.29 bits per heavy atom. The van der Waals surface area contributed by atoms with Crippen LogP contribution in [0.4, 0.5) is 0 Å². The Labute approximate surface area is 105 Å². The number of carbonyl (C=O) groups is 1. The van der Waals surface area contributed by atoms with E-state index in [0.29, 0.717) is 18.9 Å². The Hall–Kier alpha value is -0.570. The SMILES string of the molecule is CC1CCCCC1OC(=O)CCNC(C)(C)C. The summed E-state index contributed by atoms with van der Waals surface area (Å²) < 4.78 is 5.54. The van der Waals surface area contributed by atoms with Crippen LogP contribution in [0.1, 0.15) is 59.8 Å². The molecule has 17 heavy (non-hydrogen) atoms. The summed E-state index contributed by atoms with van der Waals surface area (Å²) in [6, 6.07) is 0. The number of hydrogen-bond donors (Lipinski definition) is 1. The van der Waals surface area contributed by atoms with Crippen LogP contribution in [0.2, 0.25) is 0 Å². The first-order valence-corrected chi connectivity index (χ1v) is 6.83. The third kappa shape index (κ3) is 6.06. The summed E-state index contributed by atoms with van der Waals surface area (Å²) in [6.45, 7) is 9.18. The van der Waals surface area contributed by atoms with E-state index in [1.165, 1.54) is 19.3 Å². The molecule has 2 unspecified atom stereocenters. The third-order valence-corrected chi connectivity index (χ3v) is 3.30. The maximum atomic E-state index is 11.7. The molecule has 1 rings (SSSR count). The van der Waals surface area contributed by atoms with Gasteiger partial charge in [-0.3, -0.25) is 4.79 Å². The lowest BCUT2D eigenvalue weighted by Crippen LogP contribution is -2.38. The molecule has 1 saturated carbocycles. The van der Waals surface area contributed by atoms with Gasteiger partial charge in [-0.2, -0.15) is 0 Å². The standard InChI is InChI=1S/C14H27NO2/c1-11-7-5-6-8-12(11)17-13(16)9-10-15-14(2,3)4/h11-12,15H,5-10H2,1-4H3. The lowest BCUT2D eigenvalue weighted by atomic mass is 9.88. The lowest BCUT2D eigenvalue weighted by molar-refractivity contribution is -0.153. The summed E-state index contributed by atoms with van der Waals surface area (Å²) in [7, 11) is 0. The number of carbonyl (C=O) groups excluding carboxylic acids is 1.